The molecule has 0 aromatic carbocycles. The molecule has 3 rings (SSSR count). The maximum Gasteiger partial charge on any atom is 0.145 e. The van der Waals surface area contributed by atoms with Crippen molar-refractivity contribution in [1.29, 1.82) is 0 Å². The normalized spacial score (nSPS) is 20.8. The minimum Gasteiger partial charge on any atom is -0.456 e. The van der Waals surface area contributed by atoms with Gasteiger partial charge in [0.2, 0.25) is 0 Å². The fourth-order valence-corrected chi connectivity index (χ4v) is 2.22. The average Bonchev–Trinajstić information content (AvgIpc) is 2.82. The van der Waals surface area contributed by atoms with Crippen LogP contribution in [-0.2, 0) is 0 Å². The summed E-state index contributed by atoms with van der Waals surface area (Å²) in [4.78, 5) is 8.43. The van der Waals surface area contributed by atoms with E-state index in [-0.39, 0.29) is 12.0 Å². The SMILES string of the molecule is CC1C(c2cc(Oc3ccc(N)nc3)ccn2)C=NN1C. The summed E-state index contributed by atoms with van der Waals surface area (Å²) in [6, 6.07) is 7.53. The van der Waals surface area contributed by atoms with Crippen LogP contribution < -0.4 is 10.5 Å². The van der Waals surface area contributed by atoms with Gasteiger partial charge in [0, 0.05) is 25.5 Å². The first-order valence-electron chi connectivity index (χ1n) is 6.76. The van der Waals surface area contributed by atoms with E-state index in [9.17, 15) is 0 Å². The van der Waals surface area contributed by atoms with Gasteiger partial charge in [-0.05, 0) is 25.1 Å². The second kappa shape index (κ2) is 5.40. The number of anilines is 1. The fraction of sp³-hybridized carbons (Fsp3) is 0.267. The summed E-state index contributed by atoms with van der Waals surface area (Å²) in [5.41, 5.74) is 6.50. The zero-order valence-corrected chi connectivity index (χ0v) is 12.0. The van der Waals surface area contributed by atoms with Crippen LogP contribution in [0.2, 0.25) is 0 Å². The smallest absolute Gasteiger partial charge is 0.145 e. The van der Waals surface area contributed by atoms with E-state index in [4.69, 9.17) is 10.5 Å². The van der Waals surface area contributed by atoms with Gasteiger partial charge in [-0.1, -0.05) is 0 Å². The molecular formula is C15H17N5O. The Morgan fingerprint density at radius 2 is 2.05 bits per heavy atom. The molecule has 0 saturated carbocycles. The minimum absolute atomic E-state index is 0.170. The molecule has 2 N–H and O–H groups in total. The summed E-state index contributed by atoms with van der Waals surface area (Å²) in [5, 5.41) is 6.24. The van der Waals surface area contributed by atoms with Crippen molar-refractivity contribution in [2.75, 3.05) is 12.8 Å². The van der Waals surface area contributed by atoms with E-state index in [1.165, 1.54) is 0 Å². The summed E-state index contributed by atoms with van der Waals surface area (Å²) < 4.78 is 5.78. The van der Waals surface area contributed by atoms with Crippen LogP contribution in [0, 0.1) is 0 Å². The van der Waals surface area contributed by atoms with E-state index in [1.807, 2.05) is 30.4 Å². The van der Waals surface area contributed by atoms with Crippen LogP contribution >= 0.6 is 0 Å². The molecule has 0 bridgehead atoms. The first-order valence-corrected chi connectivity index (χ1v) is 6.76. The van der Waals surface area contributed by atoms with Gasteiger partial charge in [-0.25, -0.2) is 4.98 Å². The van der Waals surface area contributed by atoms with Gasteiger partial charge in [-0.15, -0.1) is 0 Å². The third-order valence-electron chi connectivity index (χ3n) is 3.61. The molecule has 21 heavy (non-hydrogen) atoms. The van der Waals surface area contributed by atoms with Crippen LogP contribution in [0.5, 0.6) is 11.5 Å². The largest absolute Gasteiger partial charge is 0.456 e. The van der Waals surface area contributed by atoms with Crippen molar-refractivity contribution in [2.24, 2.45) is 5.10 Å². The van der Waals surface area contributed by atoms with Gasteiger partial charge in [0.1, 0.15) is 17.3 Å². The van der Waals surface area contributed by atoms with Crippen LogP contribution in [-0.4, -0.2) is 34.3 Å². The molecule has 2 aromatic rings. The molecule has 2 atom stereocenters. The summed E-state index contributed by atoms with van der Waals surface area (Å²) in [7, 11) is 1.96. The third-order valence-corrected chi connectivity index (χ3v) is 3.61. The van der Waals surface area contributed by atoms with Crippen molar-refractivity contribution in [3.8, 4) is 11.5 Å². The molecule has 2 aromatic heterocycles. The molecule has 0 fully saturated rings. The zero-order chi connectivity index (χ0) is 14.8. The molecule has 0 radical (unpaired) electrons. The van der Waals surface area contributed by atoms with E-state index in [2.05, 4.69) is 22.0 Å². The number of nitrogens with two attached hydrogens (primary N) is 1. The Labute approximate surface area is 123 Å². The number of ether oxygens (including phenoxy) is 1. The highest BCUT2D eigenvalue weighted by Crippen LogP contribution is 2.28. The third kappa shape index (κ3) is 2.79. The van der Waals surface area contributed by atoms with Gasteiger partial charge >= 0.3 is 0 Å². The van der Waals surface area contributed by atoms with Gasteiger partial charge in [-0.3, -0.25) is 9.99 Å². The molecule has 0 amide bonds. The van der Waals surface area contributed by atoms with E-state index in [1.54, 1.807) is 24.5 Å². The highest BCUT2D eigenvalue weighted by molar-refractivity contribution is 5.70. The molecule has 0 spiro atoms. The van der Waals surface area contributed by atoms with Crippen LogP contribution in [0.4, 0.5) is 5.82 Å². The highest BCUT2D eigenvalue weighted by Gasteiger charge is 2.27. The number of likely N-dealkylation sites (N-methyl/N-ethyl adjacent to an activating group) is 1. The Kier molecular flexibility index (Phi) is 3.43. The second-order valence-electron chi connectivity index (χ2n) is 5.04. The summed E-state index contributed by atoms with van der Waals surface area (Å²) in [6.07, 6.45) is 5.26. The summed E-state index contributed by atoms with van der Waals surface area (Å²) in [6.45, 7) is 2.12. The molecule has 2 unspecified atom stereocenters. The molecule has 1 aliphatic rings. The van der Waals surface area contributed by atoms with Crippen molar-refractivity contribution >= 4 is 12.0 Å². The van der Waals surface area contributed by atoms with Crippen LogP contribution in [0.3, 0.4) is 0 Å². The van der Waals surface area contributed by atoms with E-state index in [0.29, 0.717) is 11.6 Å². The quantitative estimate of drug-likeness (QED) is 0.935. The van der Waals surface area contributed by atoms with Gasteiger partial charge in [0.25, 0.3) is 0 Å². The van der Waals surface area contributed by atoms with E-state index < -0.39 is 0 Å². The topological polar surface area (TPSA) is 76.6 Å². The van der Waals surface area contributed by atoms with Crippen molar-refractivity contribution < 1.29 is 4.74 Å². The van der Waals surface area contributed by atoms with Crippen LogP contribution in [0.1, 0.15) is 18.5 Å². The van der Waals surface area contributed by atoms with Gasteiger partial charge in [0.05, 0.1) is 23.9 Å². The van der Waals surface area contributed by atoms with Crippen molar-refractivity contribution in [3.05, 3.63) is 42.4 Å². The predicted molar refractivity (Wildman–Crippen MR) is 81.4 cm³/mol. The summed E-state index contributed by atoms with van der Waals surface area (Å²) >= 11 is 0. The Hall–Kier alpha value is -2.63. The summed E-state index contributed by atoms with van der Waals surface area (Å²) in [5.74, 6) is 2.01. The number of hydrogen-bond donors (Lipinski definition) is 1. The molecule has 0 aliphatic carbocycles. The Morgan fingerprint density at radius 1 is 1.19 bits per heavy atom. The molecular weight excluding hydrogens is 266 g/mol. The first-order chi connectivity index (χ1) is 10.1. The molecule has 1 aliphatic heterocycles. The number of nitrogen functional groups attached to an aromatic ring is 1. The Morgan fingerprint density at radius 3 is 2.71 bits per heavy atom. The average molecular weight is 283 g/mol. The fourth-order valence-electron chi connectivity index (χ4n) is 2.22. The lowest BCUT2D eigenvalue weighted by molar-refractivity contribution is 0.287. The zero-order valence-electron chi connectivity index (χ0n) is 12.0. The van der Waals surface area contributed by atoms with Gasteiger partial charge in [-0.2, -0.15) is 5.10 Å². The highest BCUT2D eigenvalue weighted by atomic mass is 16.5. The number of nitrogens with zero attached hydrogens (tertiary/aromatic N) is 4. The van der Waals surface area contributed by atoms with Crippen LogP contribution in [0.15, 0.2) is 41.8 Å². The molecule has 108 valence electrons. The Bertz CT molecular complexity index is 655. The van der Waals surface area contributed by atoms with Crippen molar-refractivity contribution in [2.45, 2.75) is 18.9 Å². The number of hydrogen-bond acceptors (Lipinski definition) is 6. The predicted octanol–water partition coefficient (Wildman–Crippen LogP) is 2.25. The Balaban J connectivity index is 1.80. The molecule has 6 heteroatoms. The number of rotatable bonds is 3. The standard InChI is InChI=1S/C15H17N5O/c1-10-13(9-19-20(10)2)14-7-11(5-6-17-14)21-12-3-4-15(16)18-8-12/h3-10,13H,1-2H3,(H2,16,18). The number of aromatic nitrogens is 2. The van der Waals surface area contributed by atoms with Gasteiger partial charge in [0.15, 0.2) is 0 Å². The van der Waals surface area contributed by atoms with Gasteiger partial charge < -0.3 is 10.5 Å². The van der Waals surface area contributed by atoms with Crippen LogP contribution in [0.25, 0.3) is 0 Å². The lowest BCUT2D eigenvalue weighted by Gasteiger charge is -2.19. The van der Waals surface area contributed by atoms with Crippen molar-refractivity contribution in [3.63, 3.8) is 0 Å². The van der Waals surface area contributed by atoms with E-state index >= 15 is 0 Å². The van der Waals surface area contributed by atoms with E-state index in [0.717, 1.165) is 11.4 Å². The maximum atomic E-state index is 5.78. The molecule has 0 saturated heterocycles. The maximum absolute atomic E-state index is 5.78. The lowest BCUT2D eigenvalue weighted by atomic mass is 9.99. The number of hydrazone groups is 1. The molecule has 6 nitrogen and oxygen atoms in total. The second-order valence-corrected chi connectivity index (χ2v) is 5.04. The van der Waals surface area contributed by atoms with Crippen molar-refractivity contribution in [1.82, 2.24) is 15.0 Å². The lowest BCUT2D eigenvalue weighted by Crippen LogP contribution is -2.24. The minimum atomic E-state index is 0.170. The first kappa shape index (κ1) is 13.4. The molecule has 3 heterocycles. The number of pyridine rings is 2. The monoisotopic (exact) mass is 283 g/mol.